The number of amides is 1. The van der Waals surface area contributed by atoms with Crippen LogP contribution in [-0.2, 0) is 4.79 Å². The van der Waals surface area contributed by atoms with Gasteiger partial charge in [-0.25, -0.2) is 4.68 Å². The van der Waals surface area contributed by atoms with Gasteiger partial charge in [-0.2, -0.15) is 10.4 Å². The summed E-state index contributed by atoms with van der Waals surface area (Å²) in [5.74, 6) is 0.243. The van der Waals surface area contributed by atoms with Crippen molar-refractivity contribution in [3.05, 3.63) is 114 Å². The molecule has 1 heterocycles. The van der Waals surface area contributed by atoms with E-state index in [-0.39, 0.29) is 5.57 Å². The van der Waals surface area contributed by atoms with E-state index >= 15 is 0 Å². The van der Waals surface area contributed by atoms with E-state index in [1.165, 1.54) is 0 Å². The Morgan fingerprint density at radius 1 is 0.944 bits per heavy atom. The molecular weight excluding hydrogens is 448 g/mol. The zero-order valence-corrected chi connectivity index (χ0v) is 19.6. The van der Waals surface area contributed by atoms with Crippen LogP contribution in [0, 0.1) is 11.3 Å². The van der Waals surface area contributed by atoms with Crippen molar-refractivity contribution in [3.8, 4) is 28.8 Å². The van der Waals surface area contributed by atoms with Crippen LogP contribution in [0.15, 0.2) is 109 Å². The Kier molecular flexibility index (Phi) is 6.29. The van der Waals surface area contributed by atoms with Crippen LogP contribution in [0.4, 0.5) is 5.69 Å². The Hall–Kier alpha value is -5.15. The van der Waals surface area contributed by atoms with E-state index in [0.29, 0.717) is 16.9 Å². The normalized spacial score (nSPS) is 11.2. The highest BCUT2D eigenvalue weighted by Gasteiger charge is 2.16. The fourth-order valence-electron chi connectivity index (χ4n) is 4.01. The van der Waals surface area contributed by atoms with Gasteiger partial charge in [0.25, 0.3) is 5.91 Å². The lowest BCUT2D eigenvalue weighted by Gasteiger charge is -2.08. The number of aromatic nitrogens is 2. The quantitative estimate of drug-likeness (QED) is 0.235. The number of hydrogen-bond acceptors (Lipinski definition) is 4. The molecular formula is C30H22N4O2. The van der Waals surface area contributed by atoms with Crippen LogP contribution >= 0.6 is 0 Å². The zero-order valence-electron chi connectivity index (χ0n) is 19.6. The molecule has 0 unspecified atom stereocenters. The van der Waals surface area contributed by atoms with E-state index in [1.807, 2.05) is 103 Å². The summed E-state index contributed by atoms with van der Waals surface area (Å²) in [7, 11) is 1.61. The van der Waals surface area contributed by atoms with Crippen LogP contribution in [0.3, 0.4) is 0 Å². The minimum Gasteiger partial charge on any atom is -0.497 e. The average Bonchev–Trinajstić information content (AvgIpc) is 3.36. The molecule has 174 valence electrons. The lowest BCUT2D eigenvalue weighted by Crippen LogP contribution is -2.13. The number of benzene rings is 4. The predicted octanol–water partition coefficient (Wildman–Crippen LogP) is 6.25. The molecule has 0 aliphatic rings. The van der Waals surface area contributed by atoms with Crippen LogP contribution in [0.25, 0.3) is 33.8 Å². The molecule has 6 heteroatoms. The molecule has 0 radical (unpaired) electrons. The number of nitrogens with zero attached hydrogens (tertiary/aromatic N) is 3. The molecule has 0 aliphatic carbocycles. The van der Waals surface area contributed by atoms with Gasteiger partial charge in [0.15, 0.2) is 0 Å². The van der Waals surface area contributed by atoms with E-state index in [9.17, 15) is 10.1 Å². The first-order chi connectivity index (χ1) is 17.7. The summed E-state index contributed by atoms with van der Waals surface area (Å²) >= 11 is 0. The van der Waals surface area contributed by atoms with Crippen LogP contribution < -0.4 is 10.1 Å². The van der Waals surface area contributed by atoms with Crippen LogP contribution in [0.1, 0.15) is 5.56 Å². The Balaban J connectivity index is 1.55. The molecule has 0 atom stereocenters. The lowest BCUT2D eigenvalue weighted by atomic mass is 10.1. The summed E-state index contributed by atoms with van der Waals surface area (Å²) in [4.78, 5) is 13.2. The number of fused-ring (bicyclic) bond motifs is 1. The van der Waals surface area contributed by atoms with Gasteiger partial charge in [0.2, 0.25) is 0 Å². The molecule has 0 spiro atoms. The fraction of sp³-hybridized carbons (Fsp3) is 0.0333. The molecule has 6 nitrogen and oxygen atoms in total. The molecule has 1 N–H and O–H groups in total. The average molecular weight is 471 g/mol. The number of nitriles is 1. The van der Waals surface area contributed by atoms with Crippen LogP contribution in [0.2, 0.25) is 0 Å². The van der Waals surface area contributed by atoms with Crippen molar-refractivity contribution >= 4 is 28.4 Å². The molecule has 0 saturated carbocycles. The molecule has 36 heavy (non-hydrogen) atoms. The summed E-state index contributed by atoms with van der Waals surface area (Å²) in [5, 5.41) is 19.5. The van der Waals surface area contributed by atoms with Gasteiger partial charge in [0.1, 0.15) is 17.4 Å². The molecule has 4 aromatic carbocycles. The number of carbonyl (C=O) groups excluding carboxylic acids is 1. The van der Waals surface area contributed by atoms with Gasteiger partial charge in [-0.15, -0.1) is 0 Å². The summed E-state index contributed by atoms with van der Waals surface area (Å²) in [6.07, 6.45) is 3.39. The third kappa shape index (κ3) is 4.59. The third-order valence-corrected chi connectivity index (χ3v) is 5.83. The maximum atomic E-state index is 13.2. The highest BCUT2D eigenvalue weighted by atomic mass is 16.5. The molecule has 0 aliphatic heterocycles. The predicted molar refractivity (Wildman–Crippen MR) is 142 cm³/mol. The number of hydrogen-bond donors (Lipinski definition) is 1. The highest BCUT2D eigenvalue weighted by Crippen LogP contribution is 2.28. The second-order valence-electron chi connectivity index (χ2n) is 8.09. The van der Waals surface area contributed by atoms with Crippen molar-refractivity contribution in [2.45, 2.75) is 0 Å². The van der Waals surface area contributed by atoms with E-state index in [1.54, 1.807) is 17.9 Å². The minimum absolute atomic E-state index is 0.0229. The zero-order chi connectivity index (χ0) is 24.9. The minimum atomic E-state index is -0.484. The summed E-state index contributed by atoms with van der Waals surface area (Å²) < 4.78 is 7.02. The van der Waals surface area contributed by atoms with Gasteiger partial charge in [0, 0.05) is 28.4 Å². The van der Waals surface area contributed by atoms with Gasteiger partial charge < -0.3 is 10.1 Å². The number of ether oxygens (including phenoxy) is 1. The number of anilines is 1. The van der Waals surface area contributed by atoms with E-state index in [4.69, 9.17) is 9.84 Å². The Morgan fingerprint density at radius 3 is 2.42 bits per heavy atom. The molecule has 1 amide bonds. The standard InChI is InChI=1S/C30H22N4O2/c1-36-26-16-14-22(15-17-26)29-24(20-34(33-29)25-10-3-2-4-11-25)18-23(19-31)30(35)32-28-13-7-9-21-8-5-6-12-27(21)28/h2-18,20H,1H3,(H,32,35). The molecule has 0 fully saturated rings. The Bertz CT molecular complexity index is 1610. The SMILES string of the molecule is COc1ccc(-c2nn(-c3ccccc3)cc2C=C(C#N)C(=O)Nc2cccc3ccccc23)cc1. The summed E-state index contributed by atoms with van der Waals surface area (Å²) in [6, 6.07) is 32.7. The van der Waals surface area contributed by atoms with Crippen LogP contribution in [0.5, 0.6) is 5.75 Å². The van der Waals surface area contributed by atoms with Gasteiger partial charge in [0.05, 0.1) is 18.5 Å². The van der Waals surface area contributed by atoms with E-state index in [2.05, 4.69) is 11.4 Å². The molecule has 5 rings (SSSR count). The topological polar surface area (TPSA) is 79.9 Å². The molecule has 0 bridgehead atoms. The Labute approximate surface area is 208 Å². The van der Waals surface area contributed by atoms with E-state index < -0.39 is 5.91 Å². The van der Waals surface area contributed by atoms with Crippen molar-refractivity contribution in [2.24, 2.45) is 0 Å². The first-order valence-electron chi connectivity index (χ1n) is 11.4. The third-order valence-electron chi connectivity index (χ3n) is 5.83. The highest BCUT2D eigenvalue weighted by molar-refractivity contribution is 6.13. The maximum absolute atomic E-state index is 13.2. The largest absolute Gasteiger partial charge is 0.497 e. The van der Waals surface area contributed by atoms with Crippen molar-refractivity contribution in [3.63, 3.8) is 0 Å². The molecule has 0 saturated heterocycles. The summed E-state index contributed by atoms with van der Waals surface area (Å²) in [6.45, 7) is 0. The Morgan fingerprint density at radius 2 is 1.67 bits per heavy atom. The van der Waals surface area contributed by atoms with Gasteiger partial charge in [-0.05, 0) is 53.9 Å². The first kappa shape index (κ1) is 22.6. The van der Waals surface area contributed by atoms with Gasteiger partial charge >= 0.3 is 0 Å². The molecule has 1 aromatic heterocycles. The summed E-state index contributed by atoms with van der Waals surface area (Å²) in [5.41, 5.74) is 3.62. The molecule has 5 aromatic rings. The maximum Gasteiger partial charge on any atom is 0.266 e. The number of methoxy groups -OCH3 is 1. The van der Waals surface area contributed by atoms with Gasteiger partial charge in [-0.1, -0.05) is 54.6 Å². The second kappa shape index (κ2) is 10.00. The van der Waals surface area contributed by atoms with Gasteiger partial charge in [-0.3, -0.25) is 4.79 Å². The van der Waals surface area contributed by atoms with Crippen LogP contribution in [-0.4, -0.2) is 22.8 Å². The first-order valence-corrected chi connectivity index (χ1v) is 11.4. The second-order valence-corrected chi connectivity index (χ2v) is 8.09. The monoisotopic (exact) mass is 470 g/mol. The van der Waals surface area contributed by atoms with Crippen molar-refractivity contribution in [1.82, 2.24) is 9.78 Å². The lowest BCUT2D eigenvalue weighted by molar-refractivity contribution is -0.112. The van der Waals surface area contributed by atoms with Crippen molar-refractivity contribution < 1.29 is 9.53 Å². The smallest absolute Gasteiger partial charge is 0.266 e. The fourth-order valence-corrected chi connectivity index (χ4v) is 4.01. The number of nitrogens with one attached hydrogen (secondary N) is 1. The number of para-hydroxylation sites is 1. The van der Waals surface area contributed by atoms with E-state index in [0.717, 1.165) is 27.8 Å². The number of rotatable bonds is 6. The van der Waals surface area contributed by atoms with Crippen molar-refractivity contribution in [1.29, 1.82) is 5.26 Å². The number of carbonyl (C=O) groups is 1. The van der Waals surface area contributed by atoms with Crippen molar-refractivity contribution in [2.75, 3.05) is 12.4 Å².